The normalized spacial score (nSPS) is 14.5. The van der Waals surface area contributed by atoms with Crippen LogP contribution in [0.1, 0.15) is 35.1 Å². The van der Waals surface area contributed by atoms with E-state index in [1.807, 2.05) is 42.5 Å². The van der Waals surface area contributed by atoms with Crippen LogP contribution >= 0.6 is 23.2 Å². The molecule has 0 radical (unpaired) electrons. The van der Waals surface area contributed by atoms with Gasteiger partial charge >= 0.3 is 0 Å². The molecule has 0 bridgehead atoms. The maximum atomic E-state index is 13.3. The van der Waals surface area contributed by atoms with Crippen LogP contribution in [-0.4, -0.2) is 78.8 Å². The number of hydrogen-bond donors (Lipinski definition) is 2. The lowest BCUT2D eigenvalue weighted by Gasteiger charge is -2.26. The Morgan fingerprint density at radius 1 is 1.09 bits per heavy atom. The molecule has 0 spiro atoms. The monoisotopic (exact) mass is 657 g/mol. The van der Waals surface area contributed by atoms with Crippen molar-refractivity contribution in [2.45, 2.75) is 25.3 Å². The predicted octanol–water partition coefficient (Wildman–Crippen LogP) is 5.13. The Morgan fingerprint density at radius 2 is 1.93 bits per heavy atom. The van der Waals surface area contributed by atoms with Crippen LogP contribution in [0.15, 0.2) is 79.3 Å². The van der Waals surface area contributed by atoms with Crippen molar-refractivity contribution in [2.75, 3.05) is 32.8 Å². The van der Waals surface area contributed by atoms with E-state index in [1.54, 1.807) is 30.5 Å². The first-order valence-electron chi connectivity index (χ1n) is 15.1. The Morgan fingerprint density at radius 3 is 2.70 bits per heavy atom. The first-order chi connectivity index (χ1) is 22.5. The van der Waals surface area contributed by atoms with E-state index in [4.69, 9.17) is 32.9 Å². The van der Waals surface area contributed by atoms with Gasteiger partial charge in [0.15, 0.2) is 0 Å². The molecule has 6 rings (SSSR count). The molecule has 1 aliphatic rings. The molecule has 0 aliphatic carbocycles. The molecule has 5 aromatic rings. The predicted molar refractivity (Wildman–Crippen MR) is 177 cm³/mol. The summed E-state index contributed by atoms with van der Waals surface area (Å²) in [5, 5.41) is 15.3. The first-order valence-corrected chi connectivity index (χ1v) is 15.8. The van der Waals surface area contributed by atoms with Crippen LogP contribution in [0, 0.1) is 0 Å². The molecule has 1 fully saturated rings. The van der Waals surface area contributed by atoms with E-state index in [0.29, 0.717) is 39.4 Å². The van der Waals surface area contributed by atoms with Crippen LogP contribution < -0.4 is 5.32 Å². The summed E-state index contributed by atoms with van der Waals surface area (Å²) in [6.45, 7) is 4.61. The quantitative estimate of drug-likeness (QED) is 0.177. The number of H-pyrrole nitrogens is 1. The molecule has 46 heavy (non-hydrogen) atoms. The van der Waals surface area contributed by atoms with Gasteiger partial charge in [-0.05, 0) is 78.2 Å². The van der Waals surface area contributed by atoms with Crippen molar-refractivity contribution in [2.24, 2.45) is 0 Å². The van der Waals surface area contributed by atoms with Crippen LogP contribution in [0.3, 0.4) is 0 Å². The van der Waals surface area contributed by atoms with Crippen molar-refractivity contribution in [3.05, 3.63) is 112 Å². The van der Waals surface area contributed by atoms with Gasteiger partial charge in [-0.2, -0.15) is 4.68 Å². The van der Waals surface area contributed by atoms with E-state index in [1.165, 1.54) is 17.1 Å². The molecule has 1 aliphatic heterocycles. The SMILES string of the molecule is O=C(/C=C/c1cc(Cl)ccc1-n1cnnn1)N[C@@H](Cc1ccccc1)c1nc(-c2ccc(CCCN3CCOCC3)nc2)c(Cl)[nH]1. The zero-order chi connectivity index (χ0) is 31.7. The highest BCUT2D eigenvalue weighted by Gasteiger charge is 2.21. The summed E-state index contributed by atoms with van der Waals surface area (Å²) in [7, 11) is 0. The van der Waals surface area contributed by atoms with Crippen molar-refractivity contribution in [3.63, 3.8) is 0 Å². The van der Waals surface area contributed by atoms with Gasteiger partial charge in [-0.25, -0.2) is 4.98 Å². The number of imidazole rings is 1. The number of morpholine rings is 1. The Hall–Kier alpha value is -4.42. The number of aryl methyl sites for hydroxylation is 1. The number of carbonyl (C=O) groups excluding carboxylic acids is 1. The minimum Gasteiger partial charge on any atom is -0.379 e. The van der Waals surface area contributed by atoms with Crippen LogP contribution in [0.5, 0.6) is 0 Å². The summed E-state index contributed by atoms with van der Waals surface area (Å²) in [5.41, 5.74) is 4.79. The number of pyridine rings is 1. The lowest BCUT2D eigenvalue weighted by atomic mass is 10.1. The Bertz CT molecular complexity index is 1750. The molecule has 3 aromatic heterocycles. The molecule has 11 nitrogen and oxygen atoms in total. The summed E-state index contributed by atoms with van der Waals surface area (Å²) in [6, 6.07) is 18.7. The zero-order valence-corrected chi connectivity index (χ0v) is 26.5. The fourth-order valence-electron chi connectivity index (χ4n) is 5.34. The average Bonchev–Trinajstić information content (AvgIpc) is 3.75. The maximum Gasteiger partial charge on any atom is 0.244 e. The molecule has 13 heteroatoms. The van der Waals surface area contributed by atoms with E-state index in [2.05, 4.69) is 35.7 Å². The van der Waals surface area contributed by atoms with Gasteiger partial charge in [-0.1, -0.05) is 53.5 Å². The minimum atomic E-state index is -0.489. The van der Waals surface area contributed by atoms with Gasteiger partial charge in [0.25, 0.3) is 0 Å². The van der Waals surface area contributed by atoms with Crippen molar-refractivity contribution >= 4 is 35.2 Å². The van der Waals surface area contributed by atoms with E-state index >= 15 is 0 Å². The lowest BCUT2D eigenvalue weighted by Crippen LogP contribution is -2.36. The molecule has 0 unspecified atom stereocenters. The second-order valence-electron chi connectivity index (χ2n) is 10.9. The number of amides is 1. The smallest absolute Gasteiger partial charge is 0.244 e. The number of aromatic nitrogens is 7. The highest BCUT2D eigenvalue weighted by atomic mass is 35.5. The number of nitrogens with one attached hydrogen (secondary N) is 2. The fourth-order valence-corrected chi connectivity index (χ4v) is 5.77. The lowest BCUT2D eigenvalue weighted by molar-refractivity contribution is -0.117. The molecular formula is C33H33Cl2N9O2. The van der Waals surface area contributed by atoms with Gasteiger partial charge in [-0.3, -0.25) is 14.7 Å². The third-order valence-electron chi connectivity index (χ3n) is 7.72. The van der Waals surface area contributed by atoms with Gasteiger partial charge in [0, 0.05) is 47.2 Å². The van der Waals surface area contributed by atoms with Crippen molar-refractivity contribution in [1.82, 2.24) is 45.4 Å². The number of nitrogens with zero attached hydrogens (tertiary/aromatic N) is 7. The van der Waals surface area contributed by atoms with Crippen LogP contribution in [0.25, 0.3) is 23.0 Å². The zero-order valence-electron chi connectivity index (χ0n) is 25.0. The summed E-state index contributed by atoms with van der Waals surface area (Å²) >= 11 is 12.9. The number of ether oxygens (including phenoxy) is 1. The summed E-state index contributed by atoms with van der Waals surface area (Å²) < 4.78 is 6.94. The van der Waals surface area contributed by atoms with E-state index in [-0.39, 0.29) is 5.91 Å². The number of carbonyl (C=O) groups is 1. The Labute approximate surface area is 276 Å². The van der Waals surface area contributed by atoms with Crippen LogP contribution in [0.4, 0.5) is 0 Å². The van der Waals surface area contributed by atoms with Crippen LogP contribution in [-0.2, 0) is 22.4 Å². The third kappa shape index (κ3) is 8.24. The number of halogens is 2. The molecule has 4 heterocycles. The van der Waals surface area contributed by atoms with Crippen molar-refractivity contribution < 1.29 is 9.53 Å². The van der Waals surface area contributed by atoms with E-state index in [0.717, 1.165) is 62.5 Å². The molecule has 0 saturated carbocycles. The number of rotatable bonds is 12. The van der Waals surface area contributed by atoms with Gasteiger partial charge in [0.2, 0.25) is 5.91 Å². The molecule has 1 saturated heterocycles. The highest BCUT2D eigenvalue weighted by molar-refractivity contribution is 6.32. The molecule has 1 atom stereocenters. The molecule has 2 N–H and O–H groups in total. The summed E-state index contributed by atoms with van der Waals surface area (Å²) in [6.07, 6.45) is 8.82. The second-order valence-corrected chi connectivity index (χ2v) is 11.7. The van der Waals surface area contributed by atoms with Gasteiger partial charge in [-0.15, -0.1) is 5.10 Å². The van der Waals surface area contributed by atoms with E-state index < -0.39 is 6.04 Å². The average molecular weight is 659 g/mol. The van der Waals surface area contributed by atoms with Gasteiger partial charge in [0.1, 0.15) is 23.0 Å². The van der Waals surface area contributed by atoms with Crippen molar-refractivity contribution in [1.29, 1.82) is 0 Å². The number of hydrogen-bond acceptors (Lipinski definition) is 8. The summed E-state index contributed by atoms with van der Waals surface area (Å²) in [4.78, 5) is 28.4. The van der Waals surface area contributed by atoms with Gasteiger partial charge < -0.3 is 15.0 Å². The molecule has 2 aromatic carbocycles. The Balaban J connectivity index is 1.17. The number of tetrazole rings is 1. The first kappa shape index (κ1) is 31.6. The van der Waals surface area contributed by atoms with Crippen LogP contribution in [0.2, 0.25) is 10.2 Å². The minimum absolute atomic E-state index is 0.319. The molecule has 1 amide bonds. The highest BCUT2D eigenvalue weighted by Crippen LogP contribution is 2.29. The van der Waals surface area contributed by atoms with Crippen molar-refractivity contribution in [3.8, 4) is 16.9 Å². The summed E-state index contributed by atoms with van der Waals surface area (Å²) in [5.74, 6) is 0.220. The number of benzene rings is 2. The molecular weight excluding hydrogens is 625 g/mol. The van der Waals surface area contributed by atoms with E-state index in [9.17, 15) is 4.79 Å². The molecule has 236 valence electrons. The standard InChI is InChI=1S/C33H33Cl2N9O2/c34-26-10-12-29(44-22-37-41-42-44)24(20-26)9-13-30(45)38-28(19-23-5-2-1-3-6-23)33-39-31(32(35)40-33)25-8-11-27(36-21-25)7-4-14-43-15-17-46-18-16-43/h1-3,5-6,8-13,20-22,28H,4,7,14-19H2,(H,38,45)(H,39,40)/b13-9+/t28-/m0/s1. The maximum absolute atomic E-state index is 13.3. The van der Waals surface area contributed by atoms with Gasteiger partial charge in [0.05, 0.1) is 24.9 Å². The third-order valence-corrected chi connectivity index (χ3v) is 8.22. The second kappa shape index (κ2) is 15.2. The Kier molecular flexibility index (Phi) is 10.5. The largest absolute Gasteiger partial charge is 0.379 e. The fraction of sp³-hybridized carbons (Fsp3) is 0.273. The topological polar surface area (TPSA) is 127 Å². The number of aromatic amines is 1.